The molecule has 1 atom stereocenters. The van der Waals surface area contributed by atoms with Crippen LogP contribution in [-0.4, -0.2) is 26.1 Å². The molecule has 0 aliphatic carbocycles. The van der Waals surface area contributed by atoms with Gasteiger partial charge in [0.1, 0.15) is 0 Å². The van der Waals surface area contributed by atoms with E-state index in [0.717, 1.165) is 0 Å². The van der Waals surface area contributed by atoms with Crippen LogP contribution in [0.3, 0.4) is 0 Å². The Labute approximate surface area is 76.8 Å². The van der Waals surface area contributed by atoms with Gasteiger partial charge in [0.25, 0.3) is 0 Å². The molecule has 3 nitrogen and oxygen atoms in total. The average molecular weight is 268 g/mol. The van der Waals surface area contributed by atoms with Crippen LogP contribution in [0.5, 0.6) is 0 Å². The van der Waals surface area contributed by atoms with Gasteiger partial charge in [-0.2, -0.15) is 26.0 Å². The van der Waals surface area contributed by atoms with Gasteiger partial charge in [-0.05, 0) is 0 Å². The standard InChI is InChI=1S/C3F8O3S/c4-1(5,6)2(7,15(11,12)13)14-3(8,9)10. The second-order valence-electron chi connectivity index (χ2n) is 2.02. The van der Waals surface area contributed by atoms with Crippen molar-refractivity contribution in [2.75, 3.05) is 0 Å². The largest absolute Gasteiger partial charge is 0.526 e. The van der Waals surface area contributed by atoms with Crippen LogP contribution in [0.15, 0.2) is 0 Å². The molecule has 0 aromatic rings. The quantitative estimate of drug-likeness (QED) is 0.568. The molecule has 1 unspecified atom stereocenters. The highest BCUT2D eigenvalue weighted by atomic mass is 32.3. The van der Waals surface area contributed by atoms with Crippen molar-refractivity contribution in [3.63, 3.8) is 0 Å². The Morgan fingerprint density at radius 3 is 1.27 bits per heavy atom. The van der Waals surface area contributed by atoms with Gasteiger partial charge in [0.05, 0.1) is 0 Å². The summed E-state index contributed by atoms with van der Waals surface area (Å²) in [6.07, 6.45) is -13.0. The Kier molecular flexibility index (Phi) is 3.29. The fourth-order valence-electron chi connectivity index (χ4n) is 0.395. The molecule has 0 radical (unpaired) electrons. The van der Waals surface area contributed by atoms with E-state index in [9.17, 15) is 43.0 Å². The zero-order valence-electron chi connectivity index (χ0n) is 6.16. The summed E-state index contributed by atoms with van der Waals surface area (Å²) in [6, 6.07) is 0. The smallest absolute Gasteiger partial charge is 0.230 e. The summed E-state index contributed by atoms with van der Waals surface area (Å²) in [5.41, 5.74) is 0. The van der Waals surface area contributed by atoms with Gasteiger partial charge in [-0.1, -0.05) is 3.89 Å². The number of halogens is 8. The zero-order valence-corrected chi connectivity index (χ0v) is 6.97. The van der Waals surface area contributed by atoms with E-state index in [4.69, 9.17) is 0 Å². The van der Waals surface area contributed by atoms with E-state index in [1.165, 1.54) is 0 Å². The molecule has 0 aliphatic rings. The molecule has 92 valence electrons. The third-order valence-corrected chi connectivity index (χ3v) is 1.84. The Balaban J connectivity index is 5.46. The lowest BCUT2D eigenvalue weighted by Gasteiger charge is -2.24. The van der Waals surface area contributed by atoms with Gasteiger partial charge in [0.15, 0.2) is 0 Å². The van der Waals surface area contributed by atoms with Gasteiger partial charge in [0.2, 0.25) is 0 Å². The molecule has 0 fully saturated rings. The van der Waals surface area contributed by atoms with Crippen LogP contribution in [0.2, 0.25) is 0 Å². The maximum absolute atomic E-state index is 12.3. The second-order valence-corrected chi connectivity index (χ2v) is 3.42. The molecule has 15 heavy (non-hydrogen) atoms. The first-order chi connectivity index (χ1) is 6.21. The van der Waals surface area contributed by atoms with Crippen molar-refractivity contribution in [1.82, 2.24) is 0 Å². The van der Waals surface area contributed by atoms with E-state index in [0.29, 0.717) is 0 Å². The van der Waals surface area contributed by atoms with Crippen LogP contribution >= 0.6 is 0 Å². The molecule has 0 aliphatic heterocycles. The first-order valence-electron chi connectivity index (χ1n) is 2.67. The third kappa shape index (κ3) is 3.15. The van der Waals surface area contributed by atoms with E-state index in [1.807, 2.05) is 0 Å². The molecule has 0 aromatic carbocycles. The number of rotatable bonds is 2. The first kappa shape index (κ1) is 14.3. The SMILES string of the molecule is O=S(=O)(F)C(F)(OC(F)(F)F)C(F)(F)F. The van der Waals surface area contributed by atoms with Crippen LogP contribution in [-0.2, 0) is 15.0 Å². The van der Waals surface area contributed by atoms with Gasteiger partial charge in [-0.3, -0.25) is 0 Å². The summed E-state index contributed by atoms with van der Waals surface area (Å²) in [4.78, 5) is 0. The van der Waals surface area contributed by atoms with Gasteiger partial charge >= 0.3 is 27.9 Å². The van der Waals surface area contributed by atoms with Crippen LogP contribution in [0.4, 0.5) is 34.6 Å². The van der Waals surface area contributed by atoms with Crippen molar-refractivity contribution in [1.29, 1.82) is 0 Å². The van der Waals surface area contributed by atoms with Crippen LogP contribution in [0.1, 0.15) is 0 Å². The summed E-state index contributed by atoms with van der Waals surface area (Å²) in [5.74, 6) is 0. The molecular formula is C3F8O3S. The van der Waals surface area contributed by atoms with E-state index >= 15 is 0 Å². The van der Waals surface area contributed by atoms with Crippen molar-refractivity contribution < 1.29 is 47.8 Å². The highest BCUT2D eigenvalue weighted by Crippen LogP contribution is 2.44. The lowest BCUT2D eigenvalue weighted by molar-refractivity contribution is -0.420. The summed E-state index contributed by atoms with van der Waals surface area (Å²) in [5, 5.41) is -6.46. The fourth-order valence-corrected chi connectivity index (χ4v) is 0.865. The Morgan fingerprint density at radius 1 is 0.867 bits per heavy atom. The summed E-state index contributed by atoms with van der Waals surface area (Å²) < 4.78 is 113. The zero-order chi connectivity index (χ0) is 12.7. The molecule has 0 N–H and O–H groups in total. The Bertz CT molecular complexity index is 326. The molecule has 0 bridgehead atoms. The third-order valence-electron chi connectivity index (χ3n) is 0.899. The van der Waals surface area contributed by atoms with Crippen molar-refractivity contribution in [2.24, 2.45) is 0 Å². The Hall–Kier alpha value is -0.650. The second kappa shape index (κ2) is 3.43. The summed E-state index contributed by atoms with van der Waals surface area (Å²) >= 11 is 0. The number of alkyl halides is 7. The maximum Gasteiger partial charge on any atom is 0.526 e. The fraction of sp³-hybridized carbons (Fsp3) is 1.00. The first-order valence-corrected chi connectivity index (χ1v) is 4.06. The van der Waals surface area contributed by atoms with E-state index in [2.05, 4.69) is 0 Å². The van der Waals surface area contributed by atoms with Gasteiger partial charge in [-0.25, -0.2) is 4.74 Å². The monoisotopic (exact) mass is 268 g/mol. The van der Waals surface area contributed by atoms with Crippen LogP contribution < -0.4 is 0 Å². The predicted octanol–water partition coefficient (Wildman–Crippen LogP) is 2.01. The van der Waals surface area contributed by atoms with Crippen molar-refractivity contribution in [3.8, 4) is 0 Å². The normalized spacial score (nSPS) is 18.7. The van der Waals surface area contributed by atoms with Gasteiger partial charge in [0, 0.05) is 0 Å². The minimum absolute atomic E-state index is 1.60. The highest BCUT2D eigenvalue weighted by Gasteiger charge is 2.72. The summed E-state index contributed by atoms with van der Waals surface area (Å²) in [6.45, 7) is 0. The highest BCUT2D eigenvalue weighted by molar-refractivity contribution is 7.87. The molecule has 0 saturated heterocycles. The molecular weight excluding hydrogens is 268 g/mol. The molecule has 0 spiro atoms. The number of ether oxygens (including phenoxy) is 1. The molecule has 0 heterocycles. The molecule has 12 heteroatoms. The van der Waals surface area contributed by atoms with Crippen molar-refractivity contribution in [2.45, 2.75) is 17.7 Å². The van der Waals surface area contributed by atoms with E-state index in [-0.39, 0.29) is 0 Å². The average Bonchev–Trinajstić information content (AvgIpc) is 1.77. The van der Waals surface area contributed by atoms with Crippen LogP contribution in [0, 0.1) is 0 Å². The predicted molar refractivity (Wildman–Crippen MR) is 27.1 cm³/mol. The maximum atomic E-state index is 12.3. The minimum Gasteiger partial charge on any atom is -0.230 e. The van der Waals surface area contributed by atoms with E-state index in [1.54, 1.807) is 4.74 Å². The lowest BCUT2D eigenvalue weighted by atomic mass is 10.6. The molecule has 0 saturated carbocycles. The Morgan fingerprint density at radius 2 is 1.20 bits per heavy atom. The molecule has 0 amide bonds. The minimum atomic E-state index is -7.29. The summed E-state index contributed by atoms with van der Waals surface area (Å²) in [7, 11) is -7.29. The molecule has 0 aromatic heterocycles. The van der Waals surface area contributed by atoms with Gasteiger partial charge < -0.3 is 0 Å². The van der Waals surface area contributed by atoms with Crippen molar-refractivity contribution >= 4 is 10.2 Å². The number of hydrogen-bond donors (Lipinski definition) is 0. The van der Waals surface area contributed by atoms with Crippen LogP contribution in [0.25, 0.3) is 0 Å². The van der Waals surface area contributed by atoms with Crippen molar-refractivity contribution in [3.05, 3.63) is 0 Å². The van der Waals surface area contributed by atoms with E-state index < -0.39 is 27.9 Å². The lowest BCUT2D eigenvalue weighted by Crippen LogP contribution is -2.51. The topological polar surface area (TPSA) is 43.4 Å². The molecule has 0 rings (SSSR count). The number of hydrogen-bond acceptors (Lipinski definition) is 3. The van der Waals surface area contributed by atoms with Gasteiger partial charge in [-0.15, -0.1) is 13.2 Å².